The third kappa shape index (κ3) is 3.40. The van der Waals surface area contributed by atoms with Crippen molar-refractivity contribution in [1.29, 1.82) is 0 Å². The van der Waals surface area contributed by atoms with Gasteiger partial charge in [0.2, 0.25) is 4.96 Å². The van der Waals surface area contributed by atoms with Crippen molar-refractivity contribution in [2.45, 2.75) is 6.92 Å². The number of esters is 1. The molecule has 0 unspecified atom stereocenters. The zero-order chi connectivity index (χ0) is 19.8. The number of benzene rings is 2. The highest BCUT2D eigenvalue weighted by molar-refractivity contribution is 7.15. The average Bonchev–Trinajstić information content (AvgIpc) is 3.18. The number of thiazole rings is 1. The monoisotopic (exact) mass is 431 g/mol. The highest BCUT2D eigenvalue weighted by Crippen LogP contribution is 2.28. The zero-order valence-corrected chi connectivity index (χ0v) is 16.7. The Hall–Kier alpha value is -2.74. The van der Waals surface area contributed by atoms with E-state index >= 15 is 0 Å². The van der Waals surface area contributed by atoms with Gasteiger partial charge >= 0.3 is 5.97 Å². The molecule has 4 aromatic rings. The van der Waals surface area contributed by atoms with Crippen molar-refractivity contribution in [2.75, 3.05) is 0 Å². The van der Waals surface area contributed by atoms with Crippen LogP contribution in [-0.4, -0.2) is 20.6 Å². The maximum Gasteiger partial charge on any atom is 0.308 e. The van der Waals surface area contributed by atoms with Crippen LogP contribution in [0.15, 0.2) is 47.3 Å². The van der Waals surface area contributed by atoms with Crippen LogP contribution in [0.25, 0.3) is 22.4 Å². The molecule has 140 valence electrons. The molecule has 2 aromatic heterocycles. The average molecular weight is 432 g/mol. The first-order valence-corrected chi connectivity index (χ1v) is 9.64. The van der Waals surface area contributed by atoms with Crippen molar-refractivity contribution in [3.8, 4) is 17.1 Å². The Balaban J connectivity index is 1.83. The van der Waals surface area contributed by atoms with E-state index in [2.05, 4.69) is 10.1 Å². The van der Waals surface area contributed by atoms with E-state index in [1.54, 1.807) is 48.5 Å². The Labute approximate surface area is 172 Å². The number of hydrogen-bond donors (Lipinski definition) is 0. The van der Waals surface area contributed by atoms with Crippen LogP contribution in [0.3, 0.4) is 0 Å². The maximum atomic E-state index is 12.7. The summed E-state index contributed by atoms with van der Waals surface area (Å²) in [5.74, 6) is 0.171. The Kier molecular flexibility index (Phi) is 4.89. The van der Waals surface area contributed by atoms with Crippen molar-refractivity contribution in [3.63, 3.8) is 0 Å². The van der Waals surface area contributed by atoms with Gasteiger partial charge in [-0.25, -0.2) is 0 Å². The molecule has 0 N–H and O–H groups in total. The molecule has 6 nitrogen and oxygen atoms in total. The second-order valence-electron chi connectivity index (χ2n) is 5.77. The summed E-state index contributed by atoms with van der Waals surface area (Å²) in [7, 11) is 0. The number of aromatic nitrogens is 3. The number of para-hydroxylation sites is 1. The first kappa shape index (κ1) is 18.6. The lowest BCUT2D eigenvalue weighted by Crippen LogP contribution is -2.23. The largest absolute Gasteiger partial charge is 0.426 e. The smallest absolute Gasteiger partial charge is 0.308 e. The minimum absolute atomic E-state index is 0.294. The zero-order valence-electron chi connectivity index (χ0n) is 14.3. The summed E-state index contributed by atoms with van der Waals surface area (Å²) >= 11 is 13.5. The van der Waals surface area contributed by atoms with Crippen molar-refractivity contribution in [3.05, 3.63) is 73.0 Å². The molecule has 0 atom stereocenters. The topological polar surface area (TPSA) is 73.6 Å². The van der Waals surface area contributed by atoms with Crippen LogP contribution in [0, 0.1) is 0 Å². The summed E-state index contributed by atoms with van der Waals surface area (Å²) in [6.07, 6.45) is 1.63. The van der Waals surface area contributed by atoms with Crippen LogP contribution >= 0.6 is 34.5 Å². The number of nitrogens with zero attached hydrogens (tertiary/aromatic N) is 3. The quantitative estimate of drug-likeness (QED) is 0.366. The highest BCUT2D eigenvalue weighted by Gasteiger charge is 2.16. The van der Waals surface area contributed by atoms with Gasteiger partial charge in [-0.1, -0.05) is 52.7 Å². The minimum atomic E-state index is -0.452. The first-order valence-electron chi connectivity index (χ1n) is 8.07. The molecule has 0 aliphatic heterocycles. The summed E-state index contributed by atoms with van der Waals surface area (Å²) in [6.45, 7) is 1.31. The maximum absolute atomic E-state index is 12.7. The van der Waals surface area contributed by atoms with Crippen LogP contribution in [0.4, 0.5) is 0 Å². The van der Waals surface area contributed by atoms with Crippen LogP contribution in [-0.2, 0) is 4.79 Å². The Bertz CT molecular complexity index is 1310. The molecule has 28 heavy (non-hydrogen) atoms. The van der Waals surface area contributed by atoms with E-state index in [-0.39, 0.29) is 5.56 Å². The van der Waals surface area contributed by atoms with E-state index in [0.29, 0.717) is 42.2 Å². The SMILES string of the molecule is CC(=O)Oc1ccccc1-c1nc2sc(=Cc3c(Cl)cccc3Cl)c(=O)n2n1. The molecule has 2 aromatic carbocycles. The standard InChI is InChI=1S/C19H11Cl2N3O3S/c1-10(25)27-15-8-3-2-5-11(15)17-22-19-24(23-17)18(26)16(28-19)9-12-13(20)6-4-7-14(12)21/h2-9H,1H3. The third-order valence-corrected chi connectivity index (χ3v) is 5.46. The van der Waals surface area contributed by atoms with Crippen LogP contribution in [0.1, 0.15) is 12.5 Å². The van der Waals surface area contributed by atoms with Gasteiger partial charge in [0.05, 0.1) is 10.1 Å². The number of hydrogen-bond acceptors (Lipinski definition) is 6. The fourth-order valence-corrected chi connectivity index (χ4v) is 4.02. The second-order valence-corrected chi connectivity index (χ2v) is 7.59. The van der Waals surface area contributed by atoms with Gasteiger partial charge in [-0.15, -0.1) is 5.10 Å². The van der Waals surface area contributed by atoms with Gasteiger partial charge in [0.25, 0.3) is 5.56 Å². The van der Waals surface area contributed by atoms with Gasteiger partial charge in [0.15, 0.2) is 5.82 Å². The predicted octanol–water partition coefficient (Wildman–Crippen LogP) is 3.60. The molecule has 0 saturated carbocycles. The Morgan fingerprint density at radius 3 is 2.54 bits per heavy atom. The number of ether oxygens (including phenoxy) is 1. The normalized spacial score (nSPS) is 11.9. The molecular formula is C19H11Cl2N3O3S. The molecule has 0 aliphatic carbocycles. The summed E-state index contributed by atoms with van der Waals surface area (Å²) in [6, 6.07) is 12.0. The lowest BCUT2D eigenvalue weighted by atomic mass is 10.2. The fraction of sp³-hybridized carbons (Fsp3) is 0.0526. The fourth-order valence-electron chi connectivity index (χ4n) is 2.62. The number of carbonyl (C=O) groups is 1. The molecular weight excluding hydrogens is 421 g/mol. The lowest BCUT2D eigenvalue weighted by Gasteiger charge is -2.04. The van der Waals surface area contributed by atoms with E-state index in [0.717, 1.165) is 0 Å². The summed E-state index contributed by atoms with van der Waals surface area (Å²) < 4.78 is 6.81. The molecule has 4 rings (SSSR count). The van der Waals surface area contributed by atoms with E-state index in [1.807, 2.05) is 0 Å². The van der Waals surface area contributed by atoms with Gasteiger partial charge in [0.1, 0.15) is 5.75 Å². The highest BCUT2D eigenvalue weighted by atomic mass is 35.5. The molecule has 2 heterocycles. The number of carbonyl (C=O) groups excluding carboxylic acids is 1. The van der Waals surface area contributed by atoms with E-state index < -0.39 is 5.97 Å². The van der Waals surface area contributed by atoms with Crippen LogP contribution < -0.4 is 14.8 Å². The van der Waals surface area contributed by atoms with Gasteiger partial charge in [0, 0.05) is 22.5 Å². The van der Waals surface area contributed by atoms with Crippen molar-refractivity contribution in [1.82, 2.24) is 14.6 Å². The lowest BCUT2D eigenvalue weighted by molar-refractivity contribution is -0.131. The molecule has 0 aliphatic rings. The molecule has 0 saturated heterocycles. The number of halogens is 2. The van der Waals surface area contributed by atoms with Gasteiger partial charge in [-0.2, -0.15) is 9.50 Å². The van der Waals surface area contributed by atoms with Gasteiger partial charge in [-0.05, 0) is 30.3 Å². The van der Waals surface area contributed by atoms with Crippen LogP contribution in [0.5, 0.6) is 5.75 Å². The van der Waals surface area contributed by atoms with Crippen molar-refractivity contribution < 1.29 is 9.53 Å². The summed E-state index contributed by atoms with van der Waals surface area (Å²) in [5, 5.41) is 5.18. The molecule has 0 amide bonds. The molecule has 0 spiro atoms. The van der Waals surface area contributed by atoms with E-state index in [9.17, 15) is 9.59 Å². The molecule has 9 heteroatoms. The predicted molar refractivity (Wildman–Crippen MR) is 109 cm³/mol. The van der Waals surface area contributed by atoms with E-state index in [1.165, 1.54) is 22.8 Å². The van der Waals surface area contributed by atoms with Crippen molar-refractivity contribution in [2.24, 2.45) is 0 Å². The molecule has 0 radical (unpaired) electrons. The molecule has 0 fully saturated rings. The van der Waals surface area contributed by atoms with E-state index in [4.69, 9.17) is 27.9 Å². The number of rotatable bonds is 3. The summed E-state index contributed by atoms with van der Waals surface area (Å²) in [5.41, 5.74) is 0.750. The van der Waals surface area contributed by atoms with Crippen LogP contribution in [0.2, 0.25) is 10.0 Å². The Morgan fingerprint density at radius 2 is 1.86 bits per heavy atom. The first-order chi connectivity index (χ1) is 13.4. The Morgan fingerprint density at radius 1 is 1.14 bits per heavy atom. The minimum Gasteiger partial charge on any atom is -0.426 e. The second kappa shape index (κ2) is 7.35. The summed E-state index contributed by atoms with van der Waals surface area (Å²) in [4.78, 5) is 28.9. The van der Waals surface area contributed by atoms with Gasteiger partial charge < -0.3 is 4.74 Å². The number of fused-ring (bicyclic) bond motifs is 1. The third-order valence-electron chi connectivity index (χ3n) is 3.84. The molecule has 0 bridgehead atoms. The van der Waals surface area contributed by atoms with Gasteiger partial charge in [-0.3, -0.25) is 9.59 Å². The van der Waals surface area contributed by atoms with Crippen molar-refractivity contribution >= 4 is 51.5 Å².